The van der Waals surface area contributed by atoms with E-state index in [9.17, 15) is 18.0 Å². The molecule has 8 nitrogen and oxygen atoms in total. The van der Waals surface area contributed by atoms with Gasteiger partial charge >= 0.3 is 22.3 Å². The molecular formula is C13H18N2O6S. The van der Waals surface area contributed by atoms with E-state index in [0.29, 0.717) is 12.0 Å². The molecule has 0 heterocycles. The van der Waals surface area contributed by atoms with E-state index in [2.05, 4.69) is 0 Å². The van der Waals surface area contributed by atoms with Crippen molar-refractivity contribution < 1.29 is 27.9 Å². The number of benzene rings is 1. The second-order valence-electron chi connectivity index (χ2n) is 4.46. The maximum atomic E-state index is 11.7. The van der Waals surface area contributed by atoms with E-state index in [0.717, 1.165) is 0 Å². The third-order valence-electron chi connectivity index (χ3n) is 2.60. The summed E-state index contributed by atoms with van der Waals surface area (Å²) in [7, 11) is -4.31. The van der Waals surface area contributed by atoms with Crippen LogP contribution in [0.3, 0.4) is 0 Å². The number of hydrogen-bond donors (Lipinski definition) is 3. The molecule has 0 aliphatic rings. The molecule has 1 unspecified atom stereocenters. The highest BCUT2D eigenvalue weighted by molar-refractivity contribution is 7.88. The topological polar surface area (TPSA) is 122 Å². The van der Waals surface area contributed by atoms with Crippen LogP contribution < -0.4 is 9.44 Å². The van der Waals surface area contributed by atoms with Gasteiger partial charge in [-0.2, -0.15) is 13.1 Å². The van der Waals surface area contributed by atoms with Crippen molar-refractivity contribution in [3.8, 4) is 0 Å². The molecule has 0 saturated heterocycles. The van der Waals surface area contributed by atoms with Gasteiger partial charge in [0.1, 0.15) is 12.6 Å². The summed E-state index contributed by atoms with van der Waals surface area (Å²) in [4.78, 5) is 22.3. The minimum Gasteiger partial charge on any atom is -0.480 e. The molecule has 1 atom stereocenters. The quantitative estimate of drug-likeness (QED) is 0.653. The highest BCUT2D eigenvalue weighted by Gasteiger charge is 2.24. The van der Waals surface area contributed by atoms with E-state index in [1.165, 1.54) is 0 Å². The van der Waals surface area contributed by atoms with Crippen LogP contribution in [0.25, 0.3) is 0 Å². The molecule has 3 N–H and O–H groups in total. The van der Waals surface area contributed by atoms with Crippen LogP contribution in [0.4, 0.5) is 4.79 Å². The van der Waals surface area contributed by atoms with Crippen molar-refractivity contribution in [2.75, 3.05) is 0 Å². The summed E-state index contributed by atoms with van der Waals surface area (Å²) in [6, 6.07) is 7.40. The average molecular weight is 330 g/mol. The van der Waals surface area contributed by atoms with Crippen LogP contribution in [0.15, 0.2) is 30.3 Å². The fourth-order valence-electron chi connectivity index (χ4n) is 1.60. The van der Waals surface area contributed by atoms with E-state index in [4.69, 9.17) is 9.84 Å². The zero-order valence-corrected chi connectivity index (χ0v) is 12.8. The van der Waals surface area contributed by atoms with E-state index in [-0.39, 0.29) is 13.0 Å². The van der Waals surface area contributed by atoms with Gasteiger partial charge in [0.25, 0.3) is 0 Å². The first-order valence-corrected chi connectivity index (χ1v) is 8.06. The lowest BCUT2D eigenvalue weighted by Crippen LogP contribution is -2.48. The lowest BCUT2D eigenvalue weighted by Gasteiger charge is -2.14. The molecule has 1 rings (SSSR count). The molecule has 0 aromatic heterocycles. The van der Waals surface area contributed by atoms with Crippen molar-refractivity contribution in [1.29, 1.82) is 0 Å². The van der Waals surface area contributed by atoms with Crippen LogP contribution in [-0.4, -0.2) is 31.6 Å². The predicted octanol–water partition coefficient (Wildman–Crippen LogP) is 1.00. The van der Waals surface area contributed by atoms with Crippen molar-refractivity contribution in [2.24, 2.45) is 0 Å². The molecule has 0 aliphatic carbocycles. The Morgan fingerprint density at radius 2 is 1.91 bits per heavy atom. The number of amides is 1. The van der Waals surface area contributed by atoms with E-state index >= 15 is 0 Å². The fraction of sp³-hybridized carbons (Fsp3) is 0.385. The van der Waals surface area contributed by atoms with Crippen molar-refractivity contribution in [3.05, 3.63) is 35.9 Å². The highest BCUT2D eigenvalue weighted by atomic mass is 32.2. The Bertz CT molecular complexity index is 602. The smallest absolute Gasteiger partial charge is 0.422 e. The van der Waals surface area contributed by atoms with Gasteiger partial charge in [-0.3, -0.25) is 4.79 Å². The molecule has 122 valence electrons. The summed E-state index contributed by atoms with van der Waals surface area (Å²) < 4.78 is 31.6. The Balaban J connectivity index is 2.52. The Morgan fingerprint density at radius 1 is 1.27 bits per heavy atom. The number of aliphatic carboxylic acids is 1. The number of carboxylic acid groups (broad SMARTS) is 1. The summed E-state index contributed by atoms with van der Waals surface area (Å²) in [6.07, 6.45) is -0.607. The number of carbonyl (C=O) groups excluding carboxylic acids is 1. The van der Waals surface area contributed by atoms with Gasteiger partial charge in [-0.05, 0) is 12.0 Å². The third kappa shape index (κ3) is 6.55. The van der Waals surface area contributed by atoms with Crippen LogP contribution in [-0.2, 0) is 26.3 Å². The van der Waals surface area contributed by atoms with Gasteiger partial charge in [0.05, 0.1) is 0 Å². The van der Waals surface area contributed by atoms with Gasteiger partial charge in [-0.1, -0.05) is 43.7 Å². The first kappa shape index (κ1) is 17.9. The summed E-state index contributed by atoms with van der Waals surface area (Å²) in [6.45, 7) is 1.62. The summed E-state index contributed by atoms with van der Waals surface area (Å²) in [5.74, 6) is -1.31. The fourth-order valence-corrected chi connectivity index (χ4v) is 2.53. The Labute approximate surface area is 128 Å². The van der Waals surface area contributed by atoms with Crippen LogP contribution in [0, 0.1) is 0 Å². The second-order valence-corrected chi connectivity index (χ2v) is 5.91. The lowest BCUT2D eigenvalue weighted by molar-refractivity contribution is -0.139. The maximum Gasteiger partial charge on any atom is 0.422 e. The van der Waals surface area contributed by atoms with Crippen LogP contribution in [0.5, 0.6) is 0 Å². The molecule has 0 fully saturated rings. The highest BCUT2D eigenvalue weighted by Crippen LogP contribution is 2.02. The number of rotatable bonds is 8. The maximum absolute atomic E-state index is 11.7. The Kier molecular flexibility index (Phi) is 6.80. The summed E-state index contributed by atoms with van der Waals surface area (Å²) >= 11 is 0. The number of carbonyl (C=O) groups is 2. The van der Waals surface area contributed by atoms with Crippen LogP contribution >= 0.6 is 0 Å². The van der Waals surface area contributed by atoms with E-state index < -0.39 is 28.3 Å². The Morgan fingerprint density at radius 3 is 2.45 bits per heavy atom. The van der Waals surface area contributed by atoms with Crippen molar-refractivity contribution >= 4 is 22.3 Å². The SMILES string of the molecule is CCCC(NS(=O)(=O)NC(=O)OCc1ccccc1)C(=O)O. The van der Waals surface area contributed by atoms with Gasteiger partial charge in [0.2, 0.25) is 0 Å². The van der Waals surface area contributed by atoms with E-state index in [1.807, 2.05) is 4.72 Å². The second kappa shape index (κ2) is 8.35. The number of nitrogens with one attached hydrogen (secondary N) is 2. The number of ether oxygens (including phenoxy) is 1. The molecule has 1 aromatic rings. The number of hydrogen-bond acceptors (Lipinski definition) is 5. The van der Waals surface area contributed by atoms with Gasteiger partial charge < -0.3 is 9.84 Å². The van der Waals surface area contributed by atoms with Gasteiger partial charge in [0.15, 0.2) is 0 Å². The molecule has 1 aromatic carbocycles. The first-order chi connectivity index (χ1) is 10.3. The molecular weight excluding hydrogens is 312 g/mol. The summed E-state index contributed by atoms with van der Waals surface area (Å²) in [5, 5.41) is 8.88. The van der Waals surface area contributed by atoms with Gasteiger partial charge in [0, 0.05) is 0 Å². The molecule has 0 radical (unpaired) electrons. The Hall–Kier alpha value is -2.13. The van der Waals surface area contributed by atoms with Gasteiger partial charge in [-0.15, -0.1) is 0 Å². The molecule has 9 heteroatoms. The third-order valence-corrected chi connectivity index (χ3v) is 3.63. The minimum atomic E-state index is -4.31. The van der Waals surface area contributed by atoms with Crippen molar-refractivity contribution in [2.45, 2.75) is 32.4 Å². The summed E-state index contributed by atoms with van der Waals surface area (Å²) in [5.41, 5.74) is 0.692. The lowest BCUT2D eigenvalue weighted by atomic mass is 10.2. The molecule has 0 bridgehead atoms. The zero-order valence-electron chi connectivity index (χ0n) is 12.0. The zero-order chi connectivity index (χ0) is 16.6. The molecule has 1 amide bonds. The molecule has 22 heavy (non-hydrogen) atoms. The standard InChI is InChI=1S/C13H18N2O6S/c1-2-6-11(12(16)17)14-22(19,20)15-13(18)21-9-10-7-4-3-5-8-10/h3-5,7-8,11,14H,2,6,9H2,1H3,(H,15,18)(H,16,17). The first-order valence-electron chi connectivity index (χ1n) is 6.57. The molecule has 0 saturated carbocycles. The number of carboxylic acids is 1. The average Bonchev–Trinajstić information content (AvgIpc) is 2.45. The van der Waals surface area contributed by atoms with Crippen LogP contribution in [0.2, 0.25) is 0 Å². The van der Waals surface area contributed by atoms with E-state index in [1.54, 1.807) is 42.0 Å². The predicted molar refractivity (Wildman–Crippen MR) is 78.2 cm³/mol. The normalized spacial score (nSPS) is 12.4. The minimum absolute atomic E-state index is 0.0977. The van der Waals surface area contributed by atoms with Crippen molar-refractivity contribution in [1.82, 2.24) is 9.44 Å². The largest absolute Gasteiger partial charge is 0.480 e. The van der Waals surface area contributed by atoms with Crippen LogP contribution in [0.1, 0.15) is 25.3 Å². The van der Waals surface area contributed by atoms with Gasteiger partial charge in [-0.25, -0.2) is 9.52 Å². The monoisotopic (exact) mass is 330 g/mol. The molecule has 0 spiro atoms. The van der Waals surface area contributed by atoms with Crippen molar-refractivity contribution in [3.63, 3.8) is 0 Å². The molecule has 0 aliphatic heterocycles.